The largest absolute Gasteiger partial charge is 0.306 e. The predicted octanol–water partition coefficient (Wildman–Crippen LogP) is 5.67. The Morgan fingerprint density at radius 3 is 2.42 bits per heavy atom. The molecule has 0 spiro atoms. The van der Waals surface area contributed by atoms with Crippen molar-refractivity contribution in [2.45, 2.75) is 26.3 Å². The summed E-state index contributed by atoms with van der Waals surface area (Å²) in [6.07, 6.45) is 1.13. The lowest BCUT2D eigenvalue weighted by molar-refractivity contribution is 0.597. The minimum absolute atomic E-state index is 0.264. The van der Waals surface area contributed by atoms with Crippen molar-refractivity contribution < 1.29 is 0 Å². The van der Waals surface area contributed by atoms with Crippen LogP contribution in [0.15, 0.2) is 38.6 Å². The first kappa shape index (κ1) is 15.2. The molecule has 102 valence electrons. The van der Waals surface area contributed by atoms with E-state index in [2.05, 4.69) is 80.7 Å². The van der Waals surface area contributed by atoms with Crippen molar-refractivity contribution >= 4 is 43.2 Å². The molecule has 2 rings (SSSR count). The number of hydrogen-bond donors (Lipinski definition) is 1. The predicted molar refractivity (Wildman–Crippen MR) is 91.0 cm³/mol. The first-order valence-corrected chi connectivity index (χ1v) is 8.81. The third-order valence-electron chi connectivity index (χ3n) is 3.03. The van der Waals surface area contributed by atoms with Crippen molar-refractivity contribution in [1.82, 2.24) is 5.32 Å². The summed E-state index contributed by atoms with van der Waals surface area (Å²) in [6.45, 7) is 5.40. The molecule has 0 bridgehead atoms. The number of hydrogen-bond acceptors (Lipinski definition) is 2. The molecule has 1 unspecified atom stereocenters. The van der Waals surface area contributed by atoms with E-state index in [0.717, 1.165) is 21.9 Å². The Labute approximate surface area is 135 Å². The van der Waals surface area contributed by atoms with Gasteiger partial charge in [0.05, 0.1) is 6.04 Å². The van der Waals surface area contributed by atoms with E-state index in [1.165, 1.54) is 16.0 Å². The van der Waals surface area contributed by atoms with Gasteiger partial charge in [0.15, 0.2) is 0 Å². The summed E-state index contributed by atoms with van der Waals surface area (Å²) in [5, 5.41) is 5.81. The summed E-state index contributed by atoms with van der Waals surface area (Å²) in [7, 11) is 0. The summed E-state index contributed by atoms with van der Waals surface area (Å²) in [5.41, 5.74) is 2.67. The first-order valence-electron chi connectivity index (χ1n) is 6.35. The second-order valence-corrected chi connectivity index (χ2v) is 7.47. The topological polar surface area (TPSA) is 12.0 Å². The number of rotatable bonds is 5. The van der Waals surface area contributed by atoms with Crippen LogP contribution in [0.25, 0.3) is 0 Å². The summed E-state index contributed by atoms with van der Waals surface area (Å²) in [5.74, 6) is 0. The number of aryl methyl sites for hydroxylation is 1. The van der Waals surface area contributed by atoms with E-state index in [1.54, 1.807) is 11.3 Å². The van der Waals surface area contributed by atoms with Crippen LogP contribution in [0.4, 0.5) is 0 Å². The second kappa shape index (κ2) is 7.02. The minimum atomic E-state index is 0.264. The Hall–Kier alpha value is -0.160. The van der Waals surface area contributed by atoms with Crippen LogP contribution < -0.4 is 5.32 Å². The Morgan fingerprint density at radius 1 is 1.21 bits per heavy atom. The smallest absolute Gasteiger partial charge is 0.0588 e. The van der Waals surface area contributed by atoms with E-state index in [0.29, 0.717) is 0 Å². The van der Waals surface area contributed by atoms with E-state index in [4.69, 9.17) is 0 Å². The monoisotopic (exact) mass is 401 g/mol. The van der Waals surface area contributed by atoms with Crippen LogP contribution in [-0.2, 0) is 0 Å². The molecule has 4 heteroatoms. The van der Waals surface area contributed by atoms with Crippen LogP contribution in [0.2, 0.25) is 0 Å². The van der Waals surface area contributed by atoms with Crippen LogP contribution >= 0.6 is 43.2 Å². The van der Waals surface area contributed by atoms with Gasteiger partial charge in [0, 0.05) is 13.8 Å². The average molecular weight is 403 g/mol. The van der Waals surface area contributed by atoms with Crippen LogP contribution in [0.1, 0.15) is 35.4 Å². The zero-order valence-corrected chi connectivity index (χ0v) is 15.0. The van der Waals surface area contributed by atoms with Gasteiger partial charge in [-0.25, -0.2) is 0 Å². The van der Waals surface area contributed by atoms with Crippen LogP contribution in [0.5, 0.6) is 0 Å². The molecule has 0 amide bonds. The summed E-state index contributed by atoms with van der Waals surface area (Å²) < 4.78 is 2.21. The van der Waals surface area contributed by atoms with Gasteiger partial charge in [0.25, 0.3) is 0 Å². The number of nitrogens with one attached hydrogen (secondary N) is 1. The lowest BCUT2D eigenvalue weighted by Gasteiger charge is -2.20. The van der Waals surface area contributed by atoms with Crippen LogP contribution in [-0.4, -0.2) is 6.54 Å². The van der Waals surface area contributed by atoms with Crippen molar-refractivity contribution in [2.24, 2.45) is 0 Å². The highest BCUT2D eigenvalue weighted by Gasteiger charge is 2.17. The van der Waals surface area contributed by atoms with Crippen molar-refractivity contribution in [1.29, 1.82) is 0 Å². The number of thiophene rings is 1. The molecule has 0 radical (unpaired) electrons. The molecule has 0 saturated carbocycles. The van der Waals surface area contributed by atoms with E-state index >= 15 is 0 Å². The average Bonchev–Trinajstić information content (AvgIpc) is 2.75. The maximum absolute atomic E-state index is 3.65. The molecular formula is C15H17Br2NS. The quantitative estimate of drug-likeness (QED) is 0.679. The molecule has 0 aliphatic rings. The molecule has 1 atom stereocenters. The summed E-state index contributed by atoms with van der Waals surface area (Å²) >= 11 is 8.96. The van der Waals surface area contributed by atoms with Crippen LogP contribution in [0, 0.1) is 6.92 Å². The third-order valence-corrected chi connectivity index (χ3v) is 4.80. The second-order valence-electron chi connectivity index (χ2n) is 4.52. The van der Waals surface area contributed by atoms with Gasteiger partial charge >= 0.3 is 0 Å². The Morgan fingerprint density at radius 2 is 1.89 bits per heavy atom. The standard InChI is InChI=1S/C15H17Br2NS/c1-3-5-18-15(14-4-6-19-10(14)2)11-7-12(16)9-13(17)8-11/h4,6-9,15,18H,3,5H2,1-2H3. The van der Waals surface area contributed by atoms with Crippen LogP contribution in [0.3, 0.4) is 0 Å². The zero-order chi connectivity index (χ0) is 13.8. The molecule has 1 heterocycles. The summed E-state index contributed by atoms with van der Waals surface area (Å²) in [6, 6.07) is 8.94. The fraction of sp³-hybridized carbons (Fsp3) is 0.333. The van der Waals surface area contributed by atoms with Gasteiger partial charge in [-0.05, 0) is 60.7 Å². The Balaban J connectivity index is 2.39. The molecule has 1 N–H and O–H groups in total. The Kier molecular flexibility index (Phi) is 5.63. The highest BCUT2D eigenvalue weighted by molar-refractivity contribution is 9.11. The molecule has 1 aromatic heterocycles. The van der Waals surface area contributed by atoms with Gasteiger partial charge in [-0.3, -0.25) is 0 Å². The van der Waals surface area contributed by atoms with Crippen molar-refractivity contribution in [3.8, 4) is 0 Å². The molecule has 19 heavy (non-hydrogen) atoms. The molecule has 0 saturated heterocycles. The van der Waals surface area contributed by atoms with E-state index in [-0.39, 0.29) is 6.04 Å². The van der Waals surface area contributed by atoms with Gasteiger partial charge in [0.1, 0.15) is 0 Å². The van der Waals surface area contributed by atoms with Gasteiger partial charge in [-0.1, -0.05) is 38.8 Å². The van der Waals surface area contributed by atoms with Crippen molar-refractivity contribution in [2.75, 3.05) is 6.54 Å². The van der Waals surface area contributed by atoms with E-state index in [9.17, 15) is 0 Å². The normalized spacial score (nSPS) is 12.6. The van der Waals surface area contributed by atoms with Crippen molar-refractivity contribution in [3.05, 3.63) is 54.6 Å². The third kappa shape index (κ3) is 3.91. The van der Waals surface area contributed by atoms with Gasteiger partial charge in [-0.2, -0.15) is 0 Å². The highest BCUT2D eigenvalue weighted by Crippen LogP contribution is 2.31. The maximum Gasteiger partial charge on any atom is 0.0588 e. The fourth-order valence-electron chi connectivity index (χ4n) is 2.13. The SMILES string of the molecule is CCCNC(c1cc(Br)cc(Br)c1)c1ccsc1C. The van der Waals surface area contributed by atoms with E-state index in [1.807, 2.05) is 0 Å². The molecule has 0 aliphatic carbocycles. The molecule has 0 fully saturated rings. The summed E-state index contributed by atoms with van der Waals surface area (Å²) in [4.78, 5) is 1.38. The molecule has 0 aliphatic heterocycles. The number of halogens is 2. The van der Waals surface area contributed by atoms with Gasteiger partial charge in [-0.15, -0.1) is 11.3 Å². The minimum Gasteiger partial charge on any atom is -0.306 e. The zero-order valence-electron chi connectivity index (χ0n) is 11.0. The number of benzene rings is 1. The lowest BCUT2D eigenvalue weighted by Crippen LogP contribution is -2.23. The fourth-order valence-corrected chi connectivity index (χ4v) is 4.20. The van der Waals surface area contributed by atoms with Gasteiger partial charge < -0.3 is 5.32 Å². The van der Waals surface area contributed by atoms with Gasteiger partial charge in [0.2, 0.25) is 0 Å². The van der Waals surface area contributed by atoms with Crippen molar-refractivity contribution in [3.63, 3.8) is 0 Å². The highest BCUT2D eigenvalue weighted by atomic mass is 79.9. The molecule has 1 nitrogen and oxygen atoms in total. The van der Waals surface area contributed by atoms with E-state index < -0.39 is 0 Å². The maximum atomic E-state index is 3.65. The Bertz CT molecular complexity index is 531. The molecule has 2 aromatic rings. The lowest BCUT2D eigenvalue weighted by atomic mass is 9.99. The first-order chi connectivity index (χ1) is 9.11. The molecular weight excluding hydrogens is 386 g/mol. The molecule has 1 aromatic carbocycles.